The van der Waals surface area contributed by atoms with E-state index >= 15 is 0 Å². The van der Waals surface area contributed by atoms with Crippen molar-refractivity contribution >= 4 is 5.82 Å². The maximum absolute atomic E-state index is 5.94. The highest BCUT2D eigenvalue weighted by Gasteiger charge is 2.08. The van der Waals surface area contributed by atoms with Gasteiger partial charge in [-0.05, 0) is 26.0 Å². The molecule has 2 heterocycles. The normalized spacial score (nSPS) is 10.6. The van der Waals surface area contributed by atoms with Gasteiger partial charge in [0.2, 0.25) is 0 Å². The molecule has 0 atom stereocenters. The fourth-order valence-electron chi connectivity index (χ4n) is 2.32. The van der Waals surface area contributed by atoms with E-state index in [9.17, 15) is 0 Å². The van der Waals surface area contributed by atoms with E-state index in [4.69, 9.17) is 5.73 Å². The molecule has 4 nitrogen and oxygen atoms in total. The van der Waals surface area contributed by atoms with Crippen molar-refractivity contribution in [2.24, 2.45) is 0 Å². The second kappa shape index (κ2) is 5.32. The van der Waals surface area contributed by atoms with Crippen molar-refractivity contribution < 1.29 is 0 Å². The molecule has 1 aromatic carbocycles. The maximum Gasteiger partial charge on any atom is 0.162 e. The minimum Gasteiger partial charge on any atom is -0.384 e. The Bertz CT molecular complexity index is 762. The van der Waals surface area contributed by atoms with Crippen LogP contribution in [-0.2, 0) is 0 Å². The molecule has 4 heteroatoms. The van der Waals surface area contributed by atoms with Crippen LogP contribution >= 0.6 is 0 Å². The van der Waals surface area contributed by atoms with Crippen molar-refractivity contribution in [2.75, 3.05) is 5.73 Å². The van der Waals surface area contributed by atoms with Gasteiger partial charge in [-0.25, -0.2) is 9.97 Å². The zero-order chi connectivity index (χ0) is 14.8. The van der Waals surface area contributed by atoms with Crippen LogP contribution in [0.25, 0.3) is 22.6 Å². The first-order valence-electron chi connectivity index (χ1n) is 6.77. The molecule has 3 aromatic rings. The number of benzene rings is 1. The van der Waals surface area contributed by atoms with E-state index in [1.54, 1.807) is 6.07 Å². The first kappa shape index (κ1) is 13.2. The molecule has 0 amide bonds. The van der Waals surface area contributed by atoms with E-state index in [-0.39, 0.29) is 0 Å². The first-order chi connectivity index (χ1) is 10.1. The number of nitrogens with two attached hydrogens (primary N) is 1. The molecular formula is C17H16N4. The van der Waals surface area contributed by atoms with E-state index in [0.29, 0.717) is 11.6 Å². The van der Waals surface area contributed by atoms with E-state index in [1.807, 2.05) is 56.3 Å². The highest BCUT2D eigenvalue weighted by molar-refractivity contribution is 5.67. The average molecular weight is 276 g/mol. The van der Waals surface area contributed by atoms with Crippen molar-refractivity contribution in [3.63, 3.8) is 0 Å². The summed E-state index contributed by atoms with van der Waals surface area (Å²) in [6, 6.07) is 15.7. The summed E-state index contributed by atoms with van der Waals surface area (Å²) in [6.07, 6.45) is 0. The Morgan fingerprint density at radius 3 is 2.10 bits per heavy atom. The molecule has 0 aliphatic heterocycles. The van der Waals surface area contributed by atoms with Crippen LogP contribution in [0.2, 0.25) is 0 Å². The minimum atomic E-state index is 0.464. The molecule has 0 radical (unpaired) electrons. The molecule has 0 saturated carbocycles. The zero-order valence-corrected chi connectivity index (χ0v) is 12.0. The molecular weight excluding hydrogens is 260 g/mol. The third-order valence-electron chi connectivity index (χ3n) is 3.16. The summed E-state index contributed by atoms with van der Waals surface area (Å²) in [5.74, 6) is 1.09. The number of nitrogen functional groups attached to an aromatic ring is 1. The fourth-order valence-corrected chi connectivity index (χ4v) is 2.32. The Hall–Kier alpha value is -2.75. The lowest BCUT2D eigenvalue weighted by Gasteiger charge is -2.07. The van der Waals surface area contributed by atoms with Crippen LogP contribution in [0.4, 0.5) is 5.82 Å². The summed E-state index contributed by atoms with van der Waals surface area (Å²) in [5, 5.41) is 0. The Kier molecular flexibility index (Phi) is 3.36. The van der Waals surface area contributed by atoms with E-state index in [2.05, 4.69) is 15.0 Å². The van der Waals surface area contributed by atoms with Gasteiger partial charge in [-0.1, -0.05) is 30.3 Å². The topological polar surface area (TPSA) is 64.7 Å². The SMILES string of the molecule is Cc1cc(-c2nc(N)cc(-c3ccccc3)n2)cc(C)n1. The Morgan fingerprint density at radius 1 is 0.762 bits per heavy atom. The maximum atomic E-state index is 5.94. The van der Waals surface area contributed by atoms with Crippen LogP contribution in [0.3, 0.4) is 0 Å². The number of aryl methyl sites for hydroxylation is 2. The van der Waals surface area contributed by atoms with Gasteiger partial charge in [-0.15, -0.1) is 0 Å². The van der Waals surface area contributed by atoms with E-state index in [0.717, 1.165) is 28.2 Å². The van der Waals surface area contributed by atoms with Gasteiger partial charge in [0.1, 0.15) is 5.82 Å². The van der Waals surface area contributed by atoms with Crippen molar-refractivity contribution in [2.45, 2.75) is 13.8 Å². The van der Waals surface area contributed by atoms with Gasteiger partial charge in [-0.2, -0.15) is 0 Å². The lowest BCUT2D eigenvalue weighted by atomic mass is 10.1. The number of rotatable bonds is 2. The quantitative estimate of drug-likeness (QED) is 0.779. The smallest absolute Gasteiger partial charge is 0.162 e. The third-order valence-corrected chi connectivity index (χ3v) is 3.16. The van der Waals surface area contributed by atoms with Crippen molar-refractivity contribution in [3.8, 4) is 22.6 Å². The number of nitrogens with zero attached hydrogens (tertiary/aromatic N) is 3. The molecule has 2 N–H and O–H groups in total. The van der Waals surface area contributed by atoms with Crippen molar-refractivity contribution in [1.82, 2.24) is 15.0 Å². The number of pyridine rings is 1. The summed E-state index contributed by atoms with van der Waals surface area (Å²) in [5.41, 5.74) is 10.6. The van der Waals surface area contributed by atoms with Gasteiger partial charge in [0.05, 0.1) is 5.69 Å². The van der Waals surface area contributed by atoms with Crippen LogP contribution in [-0.4, -0.2) is 15.0 Å². The predicted octanol–water partition coefficient (Wildman–Crippen LogP) is 3.40. The molecule has 0 aliphatic rings. The van der Waals surface area contributed by atoms with Gasteiger partial charge in [0.25, 0.3) is 0 Å². The molecule has 0 unspecified atom stereocenters. The summed E-state index contributed by atoms with van der Waals surface area (Å²) >= 11 is 0. The summed E-state index contributed by atoms with van der Waals surface area (Å²) in [4.78, 5) is 13.4. The Morgan fingerprint density at radius 2 is 1.43 bits per heavy atom. The summed E-state index contributed by atoms with van der Waals surface area (Å²) < 4.78 is 0. The molecule has 3 rings (SSSR count). The minimum absolute atomic E-state index is 0.464. The molecule has 0 fully saturated rings. The molecule has 21 heavy (non-hydrogen) atoms. The molecule has 104 valence electrons. The van der Waals surface area contributed by atoms with Crippen LogP contribution in [0, 0.1) is 13.8 Å². The van der Waals surface area contributed by atoms with Crippen molar-refractivity contribution in [3.05, 3.63) is 59.9 Å². The molecule has 0 saturated heterocycles. The standard InChI is InChI=1S/C17H16N4/c1-11-8-14(9-12(2)19-11)17-20-15(10-16(18)21-17)13-6-4-3-5-7-13/h3-10H,1-2H3,(H2,18,20,21). The summed E-state index contributed by atoms with van der Waals surface area (Å²) in [6.45, 7) is 3.92. The van der Waals surface area contributed by atoms with Gasteiger partial charge < -0.3 is 5.73 Å². The van der Waals surface area contributed by atoms with Gasteiger partial charge in [0, 0.05) is 28.6 Å². The lowest BCUT2D eigenvalue weighted by molar-refractivity contribution is 1.11. The van der Waals surface area contributed by atoms with Crippen LogP contribution in [0.1, 0.15) is 11.4 Å². The molecule has 0 spiro atoms. The lowest BCUT2D eigenvalue weighted by Crippen LogP contribution is -1.99. The number of anilines is 1. The average Bonchev–Trinajstić information content (AvgIpc) is 2.46. The summed E-state index contributed by atoms with van der Waals surface area (Å²) in [7, 11) is 0. The number of hydrogen-bond acceptors (Lipinski definition) is 4. The highest BCUT2D eigenvalue weighted by atomic mass is 14.9. The zero-order valence-electron chi connectivity index (χ0n) is 12.0. The molecule has 0 bridgehead atoms. The van der Waals surface area contributed by atoms with Gasteiger partial charge in [-0.3, -0.25) is 4.98 Å². The van der Waals surface area contributed by atoms with Crippen LogP contribution < -0.4 is 5.73 Å². The second-order valence-corrected chi connectivity index (χ2v) is 5.01. The second-order valence-electron chi connectivity index (χ2n) is 5.01. The largest absolute Gasteiger partial charge is 0.384 e. The first-order valence-corrected chi connectivity index (χ1v) is 6.77. The Balaban J connectivity index is 2.14. The fraction of sp³-hybridized carbons (Fsp3) is 0.118. The molecule has 2 aromatic heterocycles. The van der Waals surface area contributed by atoms with Crippen LogP contribution in [0.15, 0.2) is 48.5 Å². The Labute approximate surface area is 123 Å². The van der Waals surface area contributed by atoms with E-state index < -0.39 is 0 Å². The van der Waals surface area contributed by atoms with E-state index in [1.165, 1.54) is 0 Å². The molecule has 0 aliphatic carbocycles. The number of aromatic nitrogens is 3. The van der Waals surface area contributed by atoms with Gasteiger partial charge in [0.15, 0.2) is 5.82 Å². The third kappa shape index (κ3) is 2.89. The van der Waals surface area contributed by atoms with Gasteiger partial charge >= 0.3 is 0 Å². The van der Waals surface area contributed by atoms with Crippen molar-refractivity contribution in [1.29, 1.82) is 0 Å². The highest BCUT2D eigenvalue weighted by Crippen LogP contribution is 2.23. The predicted molar refractivity (Wildman–Crippen MR) is 84.6 cm³/mol. The van der Waals surface area contributed by atoms with Crippen LogP contribution in [0.5, 0.6) is 0 Å². The number of hydrogen-bond donors (Lipinski definition) is 1. The monoisotopic (exact) mass is 276 g/mol.